The van der Waals surface area contributed by atoms with Crippen LogP contribution in [0.4, 0.5) is 0 Å². The van der Waals surface area contributed by atoms with Crippen molar-refractivity contribution >= 4 is 16.9 Å². The quantitative estimate of drug-likeness (QED) is 0.145. The van der Waals surface area contributed by atoms with Gasteiger partial charge in [-0.2, -0.15) is 0 Å². The van der Waals surface area contributed by atoms with E-state index in [2.05, 4.69) is 93.6 Å². The Morgan fingerprint density at radius 3 is 1.37 bits per heavy atom. The molecule has 0 amide bonds. The molecule has 0 radical (unpaired) electrons. The van der Waals surface area contributed by atoms with E-state index in [1.807, 2.05) is 0 Å². The summed E-state index contributed by atoms with van der Waals surface area (Å²) in [4.78, 5) is 13.4. The fourth-order valence-electron chi connectivity index (χ4n) is 4.80. The summed E-state index contributed by atoms with van der Waals surface area (Å²) in [5.41, 5.74) is 4.80. The number of carbonyl (C=O) groups is 1. The van der Waals surface area contributed by atoms with Crippen molar-refractivity contribution in [2.24, 2.45) is 0 Å². The third-order valence-electron chi connectivity index (χ3n) is 6.63. The first-order valence-electron chi connectivity index (χ1n) is 14.7. The van der Waals surface area contributed by atoms with Gasteiger partial charge < -0.3 is 9.90 Å². The van der Waals surface area contributed by atoms with Gasteiger partial charge in [-0.1, -0.05) is 108 Å². The monoisotopic (exact) mass is 532 g/mol. The smallest absolute Gasteiger partial charge is 0.172 e. The molecule has 0 aliphatic carbocycles. The Hall–Kier alpha value is -2.52. The van der Waals surface area contributed by atoms with E-state index in [4.69, 9.17) is 9.90 Å². The average Bonchev–Trinajstić information content (AvgIpc) is 2.91. The van der Waals surface area contributed by atoms with Gasteiger partial charge in [0.25, 0.3) is 0 Å². The molecule has 0 atom stereocenters. The van der Waals surface area contributed by atoms with Gasteiger partial charge in [0.2, 0.25) is 0 Å². The van der Waals surface area contributed by atoms with Crippen LogP contribution in [0.1, 0.15) is 102 Å². The second-order valence-electron chi connectivity index (χ2n) is 10.0. The van der Waals surface area contributed by atoms with Gasteiger partial charge in [-0.3, -0.25) is 0 Å². The number of carboxylic acids is 1. The van der Waals surface area contributed by atoms with E-state index in [-0.39, 0.29) is 10.9 Å². The van der Waals surface area contributed by atoms with Crippen LogP contribution in [0.15, 0.2) is 87.5 Å². The van der Waals surface area contributed by atoms with E-state index in [1.165, 1.54) is 86.8 Å². The summed E-state index contributed by atoms with van der Waals surface area (Å²) in [5, 5.41) is 8.89. The van der Waals surface area contributed by atoms with E-state index in [1.54, 1.807) is 21.6 Å². The Balaban J connectivity index is 0.00000118. The van der Waals surface area contributed by atoms with Gasteiger partial charge in [0, 0.05) is 17.1 Å². The average molecular weight is 533 g/mol. The topological polar surface area (TPSA) is 40.1 Å². The van der Waals surface area contributed by atoms with Crippen LogP contribution in [0.2, 0.25) is 0 Å². The Kier molecular flexibility index (Phi) is 15.6. The Morgan fingerprint density at radius 1 is 0.632 bits per heavy atom. The maximum atomic E-state index is 8.89. The zero-order valence-corrected chi connectivity index (χ0v) is 25.0. The van der Waals surface area contributed by atoms with Gasteiger partial charge in [-0.05, 0) is 75.3 Å². The normalized spacial score (nSPS) is 10.8. The number of carbonyl (C=O) groups excluding carboxylic acids is 1. The Labute approximate surface area is 235 Å². The first-order chi connectivity index (χ1) is 18.5. The molecule has 0 saturated carbocycles. The first kappa shape index (κ1) is 31.7. The van der Waals surface area contributed by atoms with Crippen molar-refractivity contribution in [2.45, 2.75) is 119 Å². The zero-order chi connectivity index (χ0) is 27.6. The zero-order valence-electron chi connectivity index (χ0n) is 24.1. The number of hydrogen-bond donors (Lipinski definition) is 0. The summed E-state index contributed by atoms with van der Waals surface area (Å²) < 4.78 is 0. The minimum Gasteiger partial charge on any atom is -0.550 e. The van der Waals surface area contributed by atoms with Gasteiger partial charge in [0.05, 0.1) is 10.9 Å². The van der Waals surface area contributed by atoms with Crippen molar-refractivity contribution in [3.05, 3.63) is 89.5 Å². The number of carboxylic acid groups (broad SMARTS) is 1. The summed E-state index contributed by atoms with van der Waals surface area (Å²) in [5.74, 6) is -1.08. The molecule has 0 saturated heterocycles. The molecule has 2 nitrogen and oxygen atoms in total. The molecule has 0 aliphatic rings. The maximum absolute atomic E-state index is 8.89. The summed E-state index contributed by atoms with van der Waals surface area (Å²) in [6.45, 7) is 7.91. The molecule has 206 valence electrons. The number of hydrogen-bond acceptors (Lipinski definition) is 2. The van der Waals surface area contributed by atoms with Crippen LogP contribution in [0.5, 0.6) is 0 Å². The first-order valence-corrected chi connectivity index (χ1v) is 15.9. The third-order valence-corrected chi connectivity index (χ3v) is 9.05. The molecule has 3 heteroatoms. The minimum atomic E-state index is -1.08. The third kappa shape index (κ3) is 11.1. The summed E-state index contributed by atoms with van der Waals surface area (Å²) in [7, 11) is -0.0642. The van der Waals surface area contributed by atoms with E-state index in [0.29, 0.717) is 0 Å². The van der Waals surface area contributed by atoms with Crippen LogP contribution in [0.3, 0.4) is 0 Å². The van der Waals surface area contributed by atoms with Crippen molar-refractivity contribution in [2.75, 3.05) is 0 Å². The molecule has 38 heavy (non-hydrogen) atoms. The van der Waals surface area contributed by atoms with Crippen LogP contribution in [-0.2, 0) is 35.0 Å². The molecule has 3 aromatic rings. The largest absolute Gasteiger partial charge is 0.550 e. The molecule has 0 fully saturated rings. The highest BCUT2D eigenvalue weighted by Gasteiger charge is 2.33. The fraction of sp³-hybridized carbons (Fsp3) is 0.457. The SMILES string of the molecule is CC(=O)[O-].CCCCCc1cc(CCCCC)c([S+](c2ccccc2)c2ccccc2)c(CCCCC)c1. The predicted octanol–water partition coefficient (Wildman–Crippen LogP) is 8.74. The molecule has 0 aliphatic heterocycles. The Bertz CT molecular complexity index is 972. The minimum absolute atomic E-state index is 0.0642. The summed E-state index contributed by atoms with van der Waals surface area (Å²) in [6.07, 6.45) is 15.3. The van der Waals surface area contributed by atoms with Crippen LogP contribution >= 0.6 is 0 Å². The Morgan fingerprint density at radius 2 is 1.00 bits per heavy atom. The highest BCUT2D eigenvalue weighted by atomic mass is 32.2. The van der Waals surface area contributed by atoms with Gasteiger partial charge in [-0.15, -0.1) is 0 Å². The number of unbranched alkanes of at least 4 members (excludes halogenated alkanes) is 6. The molecule has 3 rings (SSSR count). The molecule has 0 bridgehead atoms. The van der Waals surface area contributed by atoms with Crippen molar-refractivity contribution in [3.63, 3.8) is 0 Å². The van der Waals surface area contributed by atoms with Crippen LogP contribution in [-0.4, -0.2) is 5.97 Å². The van der Waals surface area contributed by atoms with E-state index in [9.17, 15) is 0 Å². The fourth-order valence-corrected chi connectivity index (χ4v) is 7.25. The highest BCUT2D eigenvalue weighted by molar-refractivity contribution is 7.97. The number of aliphatic carboxylic acids is 1. The second kappa shape index (κ2) is 18.7. The van der Waals surface area contributed by atoms with Gasteiger partial charge in [-0.25, -0.2) is 0 Å². The highest BCUT2D eigenvalue weighted by Crippen LogP contribution is 2.38. The molecule has 0 unspecified atom stereocenters. The van der Waals surface area contributed by atoms with E-state index >= 15 is 0 Å². The number of rotatable bonds is 15. The van der Waals surface area contributed by atoms with E-state index < -0.39 is 5.97 Å². The lowest BCUT2D eigenvalue weighted by Crippen LogP contribution is -2.16. The summed E-state index contributed by atoms with van der Waals surface area (Å²) >= 11 is 0. The van der Waals surface area contributed by atoms with Gasteiger partial charge in [0.1, 0.15) is 0 Å². The number of aryl methyl sites for hydroxylation is 3. The van der Waals surface area contributed by atoms with Gasteiger partial charge >= 0.3 is 0 Å². The van der Waals surface area contributed by atoms with Crippen LogP contribution in [0, 0.1) is 0 Å². The molecule has 0 aromatic heterocycles. The molecular formula is C35H48O2S. The molecule has 0 spiro atoms. The molecule has 0 N–H and O–H groups in total. The maximum Gasteiger partial charge on any atom is 0.172 e. The predicted molar refractivity (Wildman–Crippen MR) is 162 cm³/mol. The van der Waals surface area contributed by atoms with Crippen molar-refractivity contribution in [3.8, 4) is 0 Å². The number of benzene rings is 3. The molecule has 0 heterocycles. The second-order valence-corrected chi connectivity index (χ2v) is 12.0. The lowest BCUT2D eigenvalue weighted by atomic mass is 9.95. The van der Waals surface area contributed by atoms with Crippen LogP contribution in [0.25, 0.3) is 0 Å². The standard InChI is InChI=1S/C33H45S.C2H4O2/c1-4-7-12-19-28-26-29(20-13-8-5-2)33(30(27-28)21-14-9-6-3)34(31-22-15-10-16-23-31)32-24-17-11-18-25-32;1-2(3)4/h10-11,15-18,22-27H,4-9,12-14,19-21H2,1-3H3;1H3,(H,3,4)/q+1;/p-1. The summed E-state index contributed by atoms with van der Waals surface area (Å²) in [6, 6.07) is 27.7. The van der Waals surface area contributed by atoms with Crippen molar-refractivity contribution < 1.29 is 9.90 Å². The lowest BCUT2D eigenvalue weighted by molar-refractivity contribution is -0.302. The van der Waals surface area contributed by atoms with E-state index in [0.717, 1.165) is 6.92 Å². The van der Waals surface area contributed by atoms with Crippen LogP contribution < -0.4 is 5.11 Å². The van der Waals surface area contributed by atoms with Crippen molar-refractivity contribution in [1.82, 2.24) is 0 Å². The molecular weight excluding hydrogens is 484 g/mol. The van der Waals surface area contributed by atoms with Crippen molar-refractivity contribution in [1.29, 1.82) is 0 Å². The van der Waals surface area contributed by atoms with Gasteiger partial charge in [0.15, 0.2) is 14.7 Å². The molecule has 3 aromatic carbocycles. The lowest BCUT2D eigenvalue weighted by Gasteiger charge is -2.18.